The molecule has 9 heteroatoms. The summed E-state index contributed by atoms with van der Waals surface area (Å²) >= 11 is 0. The summed E-state index contributed by atoms with van der Waals surface area (Å²) in [7, 11) is -4.79. The molecule has 0 spiro atoms. The van der Waals surface area contributed by atoms with Crippen LogP contribution in [0.2, 0.25) is 0 Å². The van der Waals surface area contributed by atoms with E-state index in [9.17, 15) is 21.9 Å². The molecule has 0 saturated carbocycles. The Kier molecular flexibility index (Phi) is 5.08. The molecule has 0 bridgehead atoms. The summed E-state index contributed by atoms with van der Waals surface area (Å²) in [6.07, 6.45) is -1.05. The second kappa shape index (κ2) is 6.62. The molecule has 1 aromatic carbocycles. The summed E-state index contributed by atoms with van der Waals surface area (Å²) in [4.78, 5) is 25.2. The van der Waals surface area contributed by atoms with E-state index < -0.39 is 39.5 Å². The summed E-state index contributed by atoms with van der Waals surface area (Å²) in [5.74, 6) is -0.483. The average molecular weight is 372 g/mol. The number of anilines is 2. The summed E-state index contributed by atoms with van der Waals surface area (Å²) in [6.45, 7) is 6.67. The Morgan fingerprint density at radius 3 is 2.52 bits per heavy atom. The quantitative estimate of drug-likeness (QED) is 0.824. The van der Waals surface area contributed by atoms with Gasteiger partial charge in [0.25, 0.3) is 0 Å². The lowest BCUT2D eigenvalue weighted by molar-refractivity contribution is -0.117. The number of hydrogen-bond donors (Lipinski definition) is 1. The van der Waals surface area contributed by atoms with Crippen molar-refractivity contribution in [2.75, 3.05) is 16.8 Å². The zero-order valence-corrected chi connectivity index (χ0v) is 15.3. The van der Waals surface area contributed by atoms with Gasteiger partial charge in [-0.05, 0) is 45.4 Å². The van der Waals surface area contributed by atoms with Crippen LogP contribution in [0.15, 0.2) is 18.2 Å². The Bertz CT molecular complexity index is 801. The predicted octanol–water partition coefficient (Wildman–Crippen LogP) is 2.75. The van der Waals surface area contributed by atoms with Crippen molar-refractivity contribution in [3.8, 4) is 0 Å². The zero-order chi connectivity index (χ0) is 19.0. The lowest BCUT2D eigenvalue weighted by atomic mass is 10.1. The van der Waals surface area contributed by atoms with Crippen LogP contribution in [0.4, 0.5) is 20.1 Å². The van der Waals surface area contributed by atoms with Gasteiger partial charge in [0.1, 0.15) is 10.9 Å². The fraction of sp³-hybridized carbons (Fsp3) is 0.500. The first kappa shape index (κ1) is 19.2. The molecule has 0 aromatic heterocycles. The van der Waals surface area contributed by atoms with Gasteiger partial charge in [0.05, 0.1) is 0 Å². The van der Waals surface area contributed by atoms with Crippen molar-refractivity contribution in [2.45, 2.75) is 45.0 Å². The topological polar surface area (TPSA) is 92.8 Å². The zero-order valence-electron chi connectivity index (χ0n) is 14.5. The van der Waals surface area contributed by atoms with E-state index in [1.807, 2.05) is 0 Å². The summed E-state index contributed by atoms with van der Waals surface area (Å²) in [5.41, 5.74) is 0.838. The molecular formula is C16H21FN2O5S. The highest BCUT2D eigenvalue weighted by atomic mass is 32.3. The maximum absolute atomic E-state index is 13.2. The summed E-state index contributed by atoms with van der Waals surface area (Å²) < 4.78 is 40.5. The van der Waals surface area contributed by atoms with Crippen LogP contribution in [0.1, 0.15) is 32.8 Å². The number of hydrogen-bond acceptors (Lipinski definition) is 5. The SMILES string of the molecule is Cc1ccc(NC(=O)OC(C)(C)C)cc1N1CC(S(=O)(=O)F)CC1=O. The van der Waals surface area contributed by atoms with Crippen LogP contribution in [0.5, 0.6) is 0 Å². The summed E-state index contributed by atoms with van der Waals surface area (Å²) in [6, 6.07) is 4.84. The largest absolute Gasteiger partial charge is 0.444 e. The monoisotopic (exact) mass is 372 g/mol. The molecule has 0 aliphatic carbocycles. The van der Waals surface area contributed by atoms with Gasteiger partial charge in [-0.25, -0.2) is 4.79 Å². The van der Waals surface area contributed by atoms with Crippen LogP contribution in [-0.2, 0) is 19.8 Å². The van der Waals surface area contributed by atoms with Crippen molar-refractivity contribution in [1.29, 1.82) is 0 Å². The molecule has 7 nitrogen and oxygen atoms in total. The summed E-state index contributed by atoms with van der Waals surface area (Å²) in [5, 5.41) is 1.18. The highest BCUT2D eigenvalue weighted by Crippen LogP contribution is 2.30. The number of rotatable bonds is 3. The number of nitrogens with one attached hydrogen (secondary N) is 1. The Morgan fingerprint density at radius 2 is 2.00 bits per heavy atom. The van der Waals surface area contributed by atoms with Crippen LogP contribution in [-0.4, -0.2) is 37.8 Å². The van der Waals surface area contributed by atoms with Gasteiger partial charge in [-0.1, -0.05) is 6.07 Å². The van der Waals surface area contributed by atoms with Gasteiger partial charge >= 0.3 is 16.3 Å². The number of nitrogens with zero attached hydrogens (tertiary/aromatic N) is 1. The predicted molar refractivity (Wildman–Crippen MR) is 91.8 cm³/mol. The Balaban J connectivity index is 2.22. The molecule has 1 fully saturated rings. The number of aryl methyl sites for hydroxylation is 1. The molecule has 138 valence electrons. The molecule has 25 heavy (non-hydrogen) atoms. The van der Waals surface area contributed by atoms with Crippen molar-refractivity contribution in [2.24, 2.45) is 0 Å². The molecule has 1 unspecified atom stereocenters. The van der Waals surface area contributed by atoms with E-state index >= 15 is 0 Å². The first-order valence-electron chi connectivity index (χ1n) is 7.71. The van der Waals surface area contributed by atoms with Crippen molar-refractivity contribution in [1.82, 2.24) is 0 Å². The van der Waals surface area contributed by atoms with Gasteiger partial charge in [0, 0.05) is 24.3 Å². The molecular weight excluding hydrogens is 351 g/mol. The molecule has 1 aromatic rings. The number of carbonyl (C=O) groups is 2. The highest BCUT2D eigenvalue weighted by Gasteiger charge is 2.39. The molecule has 1 aliphatic heterocycles. The van der Waals surface area contributed by atoms with Crippen LogP contribution in [0, 0.1) is 6.92 Å². The van der Waals surface area contributed by atoms with Gasteiger partial charge in [-0.15, -0.1) is 3.89 Å². The van der Waals surface area contributed by atoms with E-state index in [2.05, 4.69) is 5.32 Å². The lowest BCUT2D eigenvalue weighted by Gasteiger charge is -2.22. The van der Waals surface area contributed by atoms with E-state index in [1.165, 1.54) is 11.0 Å². The van der Waals surface area contributed by atoms with Crippen molar-refractivity contribution in [3.63, 3.8) is 0 Å². The first-order valence-corrected chi connectivity index (χ1v) is 9.16. The molecule has 1 heterocycles. The Morgan fingerprint density at radius 1 is 1.36 bits per heavy atom. The van der Waals surface area contributed by atoms with E-state index in [4.69, 9.17) is 4.74 Å². The minimum atomic E-state index is -4.79. The number of amides is 2. The Labute approximate surface area is 146 Å². The van der Waals surface area contributed by atoms with E-state index in [1.54, 1.807) is 39.8 Å². The van der Waals surface area contributed by atoms with Crippen LogP contribution in [0.3, 0.4) is 0 Å². The van der Waals surface area contributed by atoms with Gasteiger partial charge in [-0.3, -0.25) is 10.1 Å². The van der Waals surface area contributed by atoms with Crippen LogP contribution in [0.25, 0.3) is 0 Å². The molecule has 1 aliphatic rings. The van der Waals surface area contributed by atoms with Crippen molar-refractivity contribution >= 4 is 33.6 Å². The molecule has 2 amide bonds. The van der Waals surface area contributed by atoms with Gasteiger partial charge in [-0.2, -0.15) is 8.42 Å². The average Bonchev–Trinajstić information content (AvgIpc) is 2.81. The maximum Gasteiger partial charge on any atom is 0.412 e. The first-order chi connectivity index (χ1) is 11.4. The third-order valence-corrected chi connectivity index (χ3v) is 4.74. The smallest absolute Gasteiger partial charge is 0.412 e. The van der Waals surface area contributed by atoms with Crippen molar-refractivity contribution < 1.29 is 26.6 Å². The van der Waals surface area contributed by atoms with Crippen LogP contribution >= 0.6 is 0 Å². The Hall–Kier alpha value is -2.16. The number of ether oxygens (including phenoxy) is 1. The van der Waals surface area contributed by atoms with E-state index in [0.29, 0.717) is 16.9 Å². The van der Waals surface area contributed by atoms with Gasteiger partial charge < -0.3 is 9.64 Å². The van der Waals surface area contributed by atoms with E-state index in [0.717, 1.165) is 0 Å². The molecule has 2 rings (SSSR count). The third-order valence-electron chi connectivity index (χ3n) is 3.63. The normalized spacial score (nSPS) is 18.4. The minimum Gasteiger partial charge on any atom is -0.444 e. The second-order valence-electron chi connectivity index (χ2n) is 6.93. The fourth-order valence-corrected chi connectivity index (χ4v) is 3.16. The molecule has 1 saturated heterocycles. The number of halogens is 1. The highest BCUT2D eigenvalue weighted by molar-refractivity contribution is 7.87. The van der Waals surface area contributed by atoms with E-state index in [-0.39, 0.29) is 6.54 Å². The minimum absolute atomic E-state index is 0.256. The fourth-order valence-electron chi connectivity index (χ4n) is 2.50. The van der Waals surface area contributed by atoms with Gasteiger partial charge in [0.15, 0.2) is 0 Å². The molecule has 0 radical (unpaired) electrons. The number of benzene rings is 1. The molecule has 1 N–H and O–H groups in total. The lowest BCUT2D eigenvalue weighted by Crippen LogP contribution is -2.28. The van der Waals surface area contributed by atoms with Crippen molar-refractivity contribution in [3.05, 3.63) is 23.8 Å². The maximum atomic E-state index is 13.2. The van der Waals surface area contributed by atoms with Crippen LogP contribution < -0.4 is 10.2 Å². The van der Waals surface area contributed by atoms with Gasteiger partial charge in [0.2, 0.25) is 5.91 Å². The second-order valence-corrected chi connectivity index (χ2v) is 8.55. The standard InChI is InChI=1S/C16H21FN2O5S/c1-10-5-6-11(18-15(21)24-16(2,3)4)7-13(10)19-9-12(8-14(19)20)25(17,22)23/h5-7,12H,8-9H2,1-4H3,(H,18,21). The number of carbonyl (C=O) groups excluding carboxylic acids is 2. The third kappa shape index (κ3) is 4.91. The molecule has 1 atom stereocenters.